The molecule has 0 fully saturated rings. The summed E-state index contributed by atoms with van der Waals surface area (Å²) < 4.78 is 16.4. The maximum Gasteiger partial charge on any atom is 0.231 e. The van der Waals surface area contributed by atoms with Crippen LogP contribution in [-0.4, -0.2) is 13.4 Å². The smallest absolute Gasteiger partial charge is 0.231 e. The Morgan fingerprint density at radius 3 is 2.71 bits per heavy atom. The second-order valence-electron chi connectivity index (χ2n) is 5.29. The fourth-order valence-corrected chi connectivity index (χ4v) is 2.48. The van der Waals surface area contributed by atoms with Crippen LogP contribution >= 0.6 is 0 Å². The molecule has 0 aliphatic carbocycles. The van der Waals surface area contributed by atoms with Crippen molar-refractivity contribution in [3.05, 3.63) is 53.1 Å². The molecule has 0 bridgehead atoms. The van der Waals surface area contributed by atoms with Crippen molar-refractivity contribution < 1.29 is 14.2 Å². The van der Waals surface area contributed by atoms with Gasteiger partial charge >= 0.3 is 0 Å². The van der Waals surface area contributed by atoms with Crippen molar-refractivity contribution in [2.75, 3.05) is 13.4 Å². The fraction of sp³-hybridized carbons (Fsp3) is 0.294. The van der Waals surface area contributed by atoms with Gasteiger partial charge in [0.1, 0.15) is 12.4 Å². The van der Waals surface area contributed by atoms with Crippen molar-refractivity contribution >= 4 is 0 Å². The van der Waals surface area contributed by atoms with Gasteiger partial charge < -0.3 is 19.9 Å². The van der Waals surface area contributed by atoms with Crippen molar-refractivity contribution in [1.82, 2.24) is 0 Å². The first-order valence-electron chi connectivity index (χ1n) is 6.98. The number of ether oxygens (including phenoxy) is 3. The molecule has 0 spiro atoms. The number of nitrogens with two attached hydrogens (primary N) is 1. The van der Waals surface area contributed by atoms with E-state index < -0.39 is 0 Å². The summed E-state index contributed by atoms with van der Waals surface area (Å²) in [7, 11) is 0. The molecule has 4 nitrogen and oxygen atoms in total. The van der Waals surface area contributed by atoms with E-state index in [9.17, 15) is 0 Å². The second kappa shape index (κ2) is 5.66. The topological polar surface area (TPSA) is 53.7 Å². The first kappa shape index (κ1) is 13.8. The largest absolute Gasteiger partial charge is 0.491 e. The first-order chi connectivity index (χ1) is 10.1. The van der Waals surface area contributed by atoms with Gasteiger partial charge in [0.2, 0.25) is 6.79 Å². The number of benzene rings is 2. The van der Waals surface area contributed by atoms with Crippen LogP contribution in [0.4, 0.5) is 0 Å². The maximum absolute atomic E-state index is 6.23. The molecule has 21 heavy (non-hydrogen) atoms. The van der Waals surface area contributed by atoms with Crippen LogP contribution in [-0.2, 0) is 0 Å². The lowest BCUT2D eigenvalue weighted by Crippen LogP contribution is -2.20. The standard InChI is InChI=1S/C17H19NO3/c1-11-3-5-14(12(2)7-11)15(18)9-19-13-4-6-16-17(8-13)21-10-20-16/h3-8,15H,9-10,18H2,1-2H3. The number of rotatable bonds is 4. The average molecular weight is 285 g/mol. The monoisotopic (exact) mass is 285 g/mol. The van der Waals surface area contributed by atoms with Crippen molar-refractivity contribution in [2.24, 2.45) is 5.73 Å². The Morgan fingerprint density at radius 1 is 1.10 bits per heavy atom. The van der Waals surface area contributed by atoms with Crippen LogP contribution in [0.15, 0.2) is 36.4 Å². The zero-order valence-corrected chi connectivity index (χ0v) is 12.3. The van der Waals surface area contributed by atoms with Crippen LogP contribution in [0.1, 0.15) is 22.7 Å². The Labute approximate surface area is 124 Å². The third-order valence-corrected chi connectivity index (χ3v) is 3.60. The molecule has 3 rings (SSSR count). The van der Waals surface area contributed by atoms with Gasteiger partial charge in [-0.25, -0.2) is 0 Å². The first-order valence-corrected chi connectivity index (χ1v) is 6.98. The van der Waals surface area contributed by atoms with Crippen molar-refractivity contribution in [3.63, 3.8) is 0 Å². The highest BCUT2D eigenvalue weighted by atomic mass is 16.7. The summed E-state index contributed by atoms with van der Waals surface area (Å²) in [6.45, 7) is 4.83. The van der Waals surface area contributed by atoms with Crippen LogP contribution < -0.4 is 19.9 Å². The summed E-state index contributed by atoms with van der Waals surface area (Å²) in [4.78, 5) is 0. The third-order valence-electron chi connectivity index (χ3n) is 3.60. The van der Waals surface area contributed by atoms with Crippen LogP contribution in [0.25, 0.3) is 0 Å². The number of aryl methyl sites for hydroxylation is 2. The maximum atomic E-state index is 6.23. The lowest BCUT2D eigenvalue weighted by atomic mass is 10.0. The Bertz CT molecular complexity index is 654. The van der Waals surface area contributed by atoms with Gasteiger partial charge in [0, 0.05) is 6.07 Å². The van der Waals surface area contributed by atoms with E-state index >= 15 is 0 Å². The Balaban J connectivity index is 1.67. The van der Waals surface area contributed by atoms with Crippen LogP contribution in [0.2, 0.25) is 0 Å². The van der Waals surface area contributed by atoms with E-state index in [0.717, 1.165) is 17.1 Å². The summed E-state index contributed by atoms with van der Waals surface area (Å²) in [6, 6.07) is 11.7. The van der Waals surface area contributed by atoms with Gasteiger partial charge in [0.05, 0.1) is 6.04 Å². The van der Waals surface area contributed by atoms with Crippen LogP contribution in [0.3, 0.4) is 0 Å². The summed E-state index contributed by atoms with van der Waals surface area (Å²) in [5.41, 5.74) is 9.77. The predicted molar refractivity (Wildman–Crippen MR) is 80.9 cm³/mol. The molecular weight excluding hydrogens is 266 g/mol. The lowest BCUT2D eigenvalue weighted by Gasteiger charge is -2.16. The molecule has 1 aliphatic rings. The van der Waals surface area contributed by atoms with Crippen molar-refractivity contribution in [3.8, 4) is 17.2 Å². The van der Waals surface area contributed by atoms with Gasteiger partial charge in [-0.05, 0) is 37.1 Å². The van der Waals surface area contributed by atoms with E-state index in [-0.39, 0.29) is 12.8 Å². The predicted octanol–water partition coefficient (Wildman–Crippen LogP) is 3.11. The molecular formula is C17H19NO3. The summed E-state index contributed by atoms with van der Waals surface area (Å²) >= 11 is 0. The normalized spacial score (nSPS) is 14.0. The average Bonchev–Trinajstić information content (AvgIpc) is 2.92. The highest BCUT2D eigenvalue weighted by Gasteiger charge is 2.15. The third kappa shape index (κ3) is 2.95. The molecule has 4 heteroatoms. The molecule has 1 aliphatic heterocycles. The Morgan fingerprint density at radius 2 is 1.90 bits per heavy atom. The molecule has 0 saturated heterocycles. The van der Waals surface area contributed by atoms with Gasteiger partial charge in [-0.1, -0.05) is 23.8 Å². The molecule has 110 valence electrons. The Hall–Kier alpha value is -2.20. The summed E-state index contributed by atoms with van der Waals surface area (Å²) in [5, 5.41) is 0. The highest BCUT2D eigenvalue weighted by molar-refractivity contribution is 5.47. The molecule has 0 amide bonds. The minimum absolute atomic E-state index is 0.156. The zero-order valence-electron chi connectivity index (χ0n) is 12.3. The second-order valence-corrected chi connectivity index (χ2v) is 5.29. The van der Waals surface area contributed by atoms with E-state index in [1.807, 2.05) is 18.2 Å². The number of hydrogen-bond donors (Lipinski definition) is 1. The fourth-order valence-electron chi connectivity index (χ4n) is 2.48. The molecule has 1 atom stereocenters. The van der Waals surface area contributed by atoms with E-state index in [4.69, 9.17) is 19.9 Å². The van der Waals surface area contributed by atoms with Crippen molar-refractivity contribution in [2.45, 2.75) is 19.9 Å². The van der Waals surface area contributed by atoms with Crippen LogP contribution in [0, 0.1) is 13.8 Å². The van der Waals surface area contributed by atoms with Gasteiger partial charge in [0.15, 0.2) is 11.5 Å². The molecule has 0 aromatic heterocycles. The quantitative estimate of drug-likeness (QED) is 0.937. The number of hydrogen-bond acceptors (Lipinski definition) is 4. The van der Waals surface area contributed by atoms with Gasteiger partial charge in [-0.2, -0.15) is 0 Å². The van der Waals surface area contributed by atoms with Gasteiger partial charge in [0.25, 0.3) is 0 Å². The van der Waals surface area contributed by atoms with E-state index in [1.165, 1.54) is 11.1 Å². The highest BCUT2D eigenvalue weighted by Crippen LogP contribution is 2.35. The molecule has 1 heterocycles. The lowest BCUT2D eigenvalue weighted by molar-refractivity contribution is 0.173. The van der Waals surface area contributed by atoms with E-state index in [2.05, 4.69) is 32.0 Å². The zero-order chi connectivity index (χ0) is 14.8. The molecule has 2 aromatic rings. The Kier molecular flexibility index (Phi) is 3.71. The minimum atomic E-state index is -0.156. The van der Waals surface area contributed by atoms with Gasteiger partial charge in [-0.15, -0.1) is 0 Å². The molecule has 2 aromatic carbocycles. The SMILES string of the molecule is Cc1ccc(C(N)COc2ccc3c(c2)OCO3)c(C)c1. The molecule has 0 radical (unpaired) electrons. The minimum Gasteiger partial charge on any atom is -0.491 e. The molecule has 0 saturated carbocycles. The van der Waals surface area contributed by atoms with E-state index in [1.54, 1.807) is 0 Å². The van der Waals surface area contributed by atoms with Crippen LogP contribution in [0.5, 0.6) is 17.2 Å². The summed E-state index contributed by atoms with van der Waals surface area (Å²) in [6.07, 6.45) is 0. The van der Waals surface area contributed by atoms with Crippen molar-refractivity contribution in [1.29, 1.82) is 0 Å². The summed E-state index contributed by atoms with van der Waals surface area (Å²) in [5.74, 6) is 2.20. The molecule has 1 unspecified atom stereocenters. The molecule has 2 N–H and O–H groups in total. The van der Waals surface area contributed by atoms with E-state index in [0.29, 0.717) is 12.4 Å². The van der Waals surface area contributed by atoms with Gasteiger partial charge in [-0.3, -0.25) is 0 Å². The number of fused-ring (bicyclic) bond motifs is 1.